The van der Waals surface area contributed by atoms with Crippen molar-refractivity contribution in [1.82, 2.24) is 15.0 Å². The molecule has 0 spiro atoms. The van der Waals surface area contributed by atoms with Crippen LogP contribution in [0.2, 0.25) is 0 Å². The molecular weight excluding hydrogens is 655 g/mol. The molecule has 1 aromatic heterocycles. The summed E-state index contributed by atoms with van der Waals surface area (Å²) in [7, 11) is 0. The molecule has 54 heavy (non-hydrogen) atoms. The molecule has 0 unspecified atom stereocenters. The summed E-state index contributed by atoms with van der Waals surface area (Å²) in [6, 6.07) is 74.1. The summed E-state index contributed by atoms with van der Waals surface area (Å²) in [6.45, 7) is 0. The molecule has 0 fully saturated rings. The Bertz CT molecular complexity index is 2540. The Morgan fingerprint density at radius 2 is 0.444 bits per heavy atom. The summed E-state index contributed by atoms with van der Waals surface area (Å²) in [4.78, 5) is 15.2. The first-order valence-corrected chi connectivity index (χ1v) is 18.2. The second kappa shape index (κ2) is 14.8. The third-order valence-electron chi connectivity index (χ3n) is 9.80. The lowest BCUT2D eigenvalue weighted by Crippen LogP contribution is -2.00. The van der Waals surface area contributed by atoms with Gasteiger partial charge in [-0.1, -0.05) is 212 Å². The van der Waals surface area contributed by atoms with E-state index in [-0.39, 0.29) is 0 Å². The zero-order valence-corrected chi connectivity index (χ0v) is 29.5. The van der Waals surface area contributed by atoms with Gasteiger partial charge < -0.3 is 0 Å². The van der Waals surface area contributed by atoms with Crippen molar-refractivity contribution in [2.45, 2.75) is 0 Å². The molecule has 0 aliphatic heterocycles. The largest absolute Gasteiger partial charge is 0.208 e. The highest BCUT2D eigenvalue weighted by Crippen LogP contribution is 2.40. The summed E-state index contributed by atoms with van der Waals surface area (Å²) in [5.74, 6) is 1.89. The van der Waals surface area contributed by atoms with Crippen LogP contribution in [0.25, 0.3) is 89.8 Å². The Hall–Kier alpha value is -7.23. The lowest BCUT2D eigenvalue weighted by molar-refractivity contribution is 1.07. The van der Waals surface area contributed by atoms with Crippen LogP contribution >= 0.6 is 0 Å². The van der Waals surface area contributed by atoms with Crippen molar-refractivity contribution in [2.24, 2.45) is 0 Å². The van der Waals surface area contributed by atoms with Gasteiger partial charge in [-0.25, -0.2) is 15.0 Å². The van der Waals surface area contributed by atoms with E-state index in [1.807, 2.05) is 12.1 Å². The Morgan fingerprint density at radius 1 is 0.185 bits per heavy atom. The second-order valence-corrected chi connectivity index (χ2v) is 13.2. The molecular formula is C51H35N3. The number of benzene rings is 8. The van der Waals surface area contributed by atoms with Gasteiger partial charge in [-0.3, -0.25) is 0 Å². The van der Waals surface area contributed by atoms with E-state index in [9.17, 15) is 0 Å². The van der Waals surface area contributed by atoms with Gasteiger partial charge >= 0.3 is 0 Å². The van der Waals surface area contributed by atoms with E-state index in [0.717, 1.165) is 33.4 Å². The van der Waals surface area contributed by atoms with Gasteiger partial charge in [0, 0.05) is 16.7 Å². The molecule has 0 aliphatic rings. The van der Waals surface area contributed by atoms with Crippen LogP contribution < -0.4 is 0 Å². The molecule has 9 rings (SSSR count). The second-order valence-electron chi connectivity index (χ2n) is 13.2. The van der Waals surface area contributed by atoms with Gasteiger partial charge in [-0.15, -0.1) is 0 Å². The number of hydrogen-bond acceptors (Lipinski definition) is 3. The Balaban J connectivity index is 1.12. The molecule has 0 N–H and O–H groups in total. The Morgan fingerprint density at radius 3 is 0.815 bits per heavy atom. The van der Waals surface area contributed by atoms with Crippen LogP contribution in [-0.2, 0) is 0 Å². The molecule has 254 valence electrons. The van der Waals surface area contributed by atoms with Crippen LogP contribution in [0.15, 0.2) is 212 Å². The SMILES string of the molecule is c1ccc(-c2ccc(-c3nc(-c4ccc(-c5ccccc5)cc4)nc(-c4ccc(-c5cccc(-c6ccccc6)c5-c5ccccc5)cc4)n3)cc2)cc1. The molecule has 8 aromatic carbocycles. The minimum atomic E-state index is 0.627. The van der Waals surface area contributed by atoms with Crippen molar-refractivity contribution in [1.29, 1.82) is 0 Å². The normalized spacial score (nSPS) is 11.0. The molecule has 0 saturated carbocycles. The average Bonchev–Trinajstić information content (AvgIpc) is 3.27. The van der Waals surface area contributed by atoms with E-state index in [0.29, 0.717) is 17.5 Å². The van der Waals surface area contributed by atoms with E-state index >= 15 is 0 Å². The first-order chi connectivity index (χ1) is 26.8. The number of rotatable bonds is 8. The molecule has 0 radical (unpaired) electrons. The topological polar surface area (TPSA) is 38.7 Å². The minimum Gasteiger partial charge on any atom is -0.208 e. The monoisotopic (exact) mass is 689 g/mol. The zero-order valence-electron chi connectivity index (χ0n) is 29.5. The van der Waals surface area contributed by atoms with Gasteiger partial charge in [-0.2, -0.15) is 0 Å². The fraction of sp³-hybridized carbons (Fsp3) is 0. The fourth-order valence-electron chi connectivity index (χ4n) is 7.01. The summed E-state index contributed by atoms with van der Waals surface area (Å²) < 4.78 is 0. The van der Waals surface area contributed by atoms with Gasteiger partial charge in [0.2, 0.25) is 0 Å². The molecule has 3 heteroatoms. The predicted molar refractivity (Wildman–Crippen MR) is 223 cm³/mol. The molecule has 0 saturated heterocycles. The highest BCUT2D eigenvalue weighted by Gasteiger charge is 2.16. The van der Waals surface area contributed by atoms with E-state index in [1.165, 1.54) is 38.9 Å². The minimum absolute atomic E-state index is 0.627. The van der Waals surface area contributed by atoms with Crippen molar-refractivity contribution in [2.75, 3.05) is 0 Å². The molecule has 9 aromatic rings. The van der Waals surface area contributed by atoms with Gasteiger partial charge in [-0.05, 0) is 55.6 Å². The highest BCUT2D eigenvalue weighted by molar-refractivity contribution is 5.94. The van der Waals surface area contributed by atoms with Crippen LogP contribution in [0.3, 0.4) is 0 Å². The zero-order chi connectivity index (χ0) is 36.1. The van der Waals surface area contributed by atoms with Crippen molar-refractivity contribution in [3.63, 3.8) is 0 Å². The van der Waals surface area contributed by atoms with E-state index in [4.69, 9.17) is 15.0 Å². The average molecular weight is 690 g/mol. The maximum absolute atomic E-state index is 5.07. The summed E-state index contributed by atoms with van der Waals surface area (Å²) >= 11 is 0. The maximum Gasteiger partial charge on any atom is 0.164 e. The van der Waals surface area contributed by atoms with E-state index in [1.54, 1.807) is 0 Å². The highest BCUT2D eigenvalue weighted by atomic mass is 15.0. The van der Waals surface area contributed by atoms with E-state index < -0.39 is 0 Å². The van der Waals surface area contributed by atoms with Crippen LogP contribution in [0, 0.1) is 0 Å². The Labute approximate surface area is 316 Å². The standard InChI is InChI=1S/C51H35N3/c1-5-14-36(15-6-1)38-24-30-43(31-25-38)49-52-50(44-32-26-39(27-33-44)37-16-7-2-8-17-37)54-51(53-49)45-34-28-41(29-35-45)47-23-13-22-46(40-18-9-3-10-19-40)48(47)42-20-11-4-12-21-42/h1-35H. The quantitative estimate of drug-likeness (QED) is 0.159. The number of aromatic nitrogens is 3. The lowest BCUT2D eigenvalue weighted by Gasteiger charge is -2.16. The van der Waals surface area contributed by atoms with Crippen molar-refractivity contribution in [3.8, 4) is 89.8 Å². The van der Waals surface area contributed by atoms with Gasteiger partial charge in [0.1, 0.15) is 0 Å². The Kier molecular flexibility index (Phi) is 8.94. The first kappa shape index (κ1) is 32.7. The van der Waals surface area contributed by atoms with Crippen molar-refractivity contribution in [3.05, 3.63) is 212 Å². The molecule has 1 heterocycles. The molecule has 0 bridgehead atoms. The van der Waals surface area contributed by atoms with Gasteiger partial charge in [0.25, 0.3) is 0 Å². The summed E-state index contributed by atoms with van der Waals surface area (Å²) in [6.07, 6.45) is 0. The van der Waals surface area contributed by atoms with Gasteiger partial charge in [0.05, 0.1) is 0 Å². The van der Waals surface area contributed by atoms with Crippen LogP contribution in [0.4, 0.5) is 0 Å². The number of hydrogen-bond donors (Lipinski definition) is 0. The van der Waals surface area contributed by atoms with Gasteiger partial charge in [0.15, 0.2) is 17.5 Å². The van der Waals surface area contributed by atoms with Crippen LogP contribution in [-0.4, -0.2) is 15.0 Å². The number of nitrogens with zero attached hydrogens (tertiary/aromatic N) is 3. The lowest BCUT2D eigenvalue weighted by atomic mass is 9.87. The third-order valence-corrected chi connectivity index (χ3v) is 9.80. The molecule has 3 nitrogen and oxygen atoms in total. The fourth-order valence-corrected chi connectivity index (χ4v) is 7.01. The maximum atomic E-state index is 5.07. The smallest absolute Gasteiger partial charge is 0.164 e. The molecule has 0 amide bonds. The van der Waals surface area contributed by atoms with Crippen LogP contribution in [0.5, 0.6) is 0 Å². The molecule has 0 atom stereocenters. The van der Waals surface area contributed by atoms with Crippen molar-refractivity contribution >= 4 is 0 Å². The molecule has 0 aliphatic carbocycles. The van der Waals surface area contributed by atoms with E-state index in [2.05, 4.69) is 200 Å². The van der Waals surface area contributed by atoms with Crippen LogP contribution in [0.1, 0.15) is 0 Å². The summed E-state index contributed by atoms with van der Waals surface area (Å²) in [5.41, 5.74) is 14.5. The first-order valence-electron chi connectivity index (χ1n) is 18.2. The predicted octanol–water partition coefficient (Wildman–Crippen LogP) is 13.2. The third kappa shape index (κ3) is 6.74. The summed E-state index contributed by atoms with van der Waals surface area (Å²) in [5, 5.41) is 0. The van der Waals surface area contributed by atoms with Crippen molar-refractivity contribution < 1.29 is 0 Å².